The lowest BCUT2D eigenvalue weighted by molar-refractivity contribution is -0.170. The van der Waals surface area contributed by atoms with Crippen LogP contribution in [-0.4, -0.2) is 47.4 Å². The van der Waals surface area contributed by atoms with Crippen molar-refractivity contribution in [2.24, 2.45) is 0 Å². The van der Waals surface area contributed by atoms with E-state index in [9.17, 15) is 14.4 Å². The fourth-order valence-electron chi connectivity index (χ4n) is 2.45. The first-order valence-corrected chi connectivity index (χ1v) is 7.96. The zero-order valence-electron chi connectivity index (χ0n) is 13.3. The number of rotatable bonds is 3. The van der Waals surface area contributed by atoms with Gasteiger partial charge in [0.05, 0.1) is 10.2 Å². The molecule has 0 saturated carbocycles. The monoisotopic (exact) mass is 349 g/mol. The molecule has 24 heavy (non-hydrogen) atoms. The molecular weight excluding hydrogens is 334 g/mol. The number of benzene rings is 1. The number of carbonyl (C=O) groups excluding carboxylic acids is 3. The second-order valence-electron chi connectivity index (χ2n) is 5.23. The molecule has 1 aliphatic heterocycles. The van der Waals surface area contributed by atoms with E-state index in [-0.39, 0.29) is 0 Å². The molecule has 2 heterocycles. The van der Waals surface area contributed by atoms with Crippen LogP contribution < -0.4 is 4.90 Å². The van der Waals surface area contributed by atoms with Crippen LogP contribution in [0.25, 0.3) is 10.2 Å². The normalized spacial score (nSPS) is 20.5. The number of nitrogens with zero attached hydrogens (tertiary/aromatic N) is 3. The predicted octanol–water partition coefficient (Wildman–Crippen LogP) is 1.95. The maximum atomic E-state index is 12.6. The molecule has 1 aromatic carbocycles. The molecule has 0 radical (unpaired) electrons. The highest BCUT2D eigenvalue weighted by Gasteiger charge is 2.50. The average Bonchev–Trinajstić information content (AvgIpc) is 3.01. The van der Waals surface area contributed by atoms with Crippen molar-refractivity contribution in [2.75, 3.05) is 11.9 Å². The SMILES string of the molecule is CC(=O)OC1C(OC(C)=O)N(c2nc3ccccc3s2)C(=O)N1C. The van der Waals surface area contributed by atoms with Crippen LogP contribution in [0.15, 0.2) is 24.3 Å². The summed E-state index contributed by atoms with van der Waals surface area (Å²) in [5.74, 6) is -1.17. The van der Waals surface area contributed by atoms with Gasteiger partial charge in [-0.25, -0.2) is 14.7 Å². The zero-order valence-corrected chi connectivity index (χ0v) is 14.1. The summed E-state index contributed by atoms with van der Waals surface area (Å²) in [6.07, 6.45) is -2.13. The third-order valence-corrected chi connectivity index (χ3v) is 4.49. The number of para-hydroxylation sites is 1. The zero-order chi connectivity index (χ0) is 17.4. The van der Waals surface area contributed by atoms with E-state index in [2.05, 4.69) is 4.98 Å². The number of ether oxygens (including phenoxy) is 2. The molecule has 2 amide bonds. The summed E-state index contributed by atoms with van der Waals surface area (Å²) >= 11 is 1.29. The Morgan fingerprint density at radius 2 is 1.75 bits per heavy atom. The Morgan fingerprint density at radius 3 is 2.38 bits per heavy atom. The summed E-state index contributed by atoms with van der Waals surface area (Å²) in [7, 11) is 1.47. The van der Waals surface area contributed by atoms with Crippen LogP contribution in [0.2, 0.25) is 0 Å². The lowest BCUT2D eigenvalue weighted by Gasteiger charge is -2.24. The molecule has 1 saturated heterocycles. The van der Waals surface area contributed by atoms with Crippen LogP contribution in [0.3, 0.4) is 0 Å². The maximum Gasteiger partial charge on any atom is 0.332 e. The third kappa shape index (κ3) is 2.78. The number of carbonyl (C=O) groups is 3. The van der Waals surface area contributed by atoms with Crippen molar-refractivity contribution < 1.29 is 23.9 Å². The van der Waals surface area contributed by atoms with E-state index in [0.29, 0.717) is 5.13 Å². The topological polar surface area (TPSA) is 89.0 Å². The molecule has 3 rings (SSSR count). The van der Waals surface area contributed by atoms with E-state index in [0.717, 1.165) is 10.2 Å². The highest BCUT2D eigenvalue weighted by atomic mass is 32.1. The lowest BCUT2D eigenvalue weighted by atomic mass is 10.3. The number of fused-ring (bicyclic) bond motifs is 1. The van der Waals surface area contributed by atoms with Gasteiger partial charge in [-0.2, -0.15) is 0 Å². The second kappa shape index (κ2) is 6.08. The minimum atomic E-state index is -1.09. The van der Waals surface area contributed by atoms with Crippen LogP contribution in [0.1, 0.15) is 13.8 Å². The van der Waals surface area contributed by atoms with Gasteiger partial charge in [0.25, 0.3) is 0 Å². The van der Waals surface area contributed by atoms with Gasteiger partial charge in [-0.05, 0) is 12.1 Å². The Hall–Kier alpha value is -2.68. The molecule has 1 aromatic heterocycles. The molecule has 2 aromatic rings. The van der Waals surface area contributed by atoms with Crippen molar-refractivity contribution in [1.82, 2.24) is 9.88 Å². The van der Waals surface area contributed by atoms with Gasteiger partial charge in [0.1, 0.15) is 0 Å². The van der Waals surface area contributed by atoms with Crippen molar-refractivity contribution in [1.29, 1.82) is 0 Å². The number of esters is 2. The van der Waals surface area contributed by atoms with E-state index in [1.54, 1.807) is 0 Å². The van der Waals surface area contributed by atoms with Gasteiger partial charge in [0.2, 0.25) is 12.5 Å². The van der Waals surface area contributed by atoms with Crippen molar-refractivity contribution >= 4 is 44.7 Å². The van der Waals surface area contributed by atoms with Gasteiger partial charge in [-0.15, -0.1) is 0 Å². The number of urea groups is 1. The molecule has 2 atom stereocenters. The number of anilines is 1. The lowest BCUT2D eigenvalue weighted by Crippen LogP contribution is -2.42. The summed E-state index contributed by atoms with van der Waals surface area (Å²) in [6, 6.07) is 6.95. The summed E-state index contributed by atoms with van der Waals surface area (Å²) in [4.78, 5) is 42.3. The number of aromatic nitrogens is 1. The Morgan fingerprint density at radius 1 is 1.12 bits per heavy atom. The molecule has 0 N–H and O–H groups in total. The molecule has 8 nitrogen and oxygen atoms in total. The Labute approximate surface area is 141 Å². The molecule has 126 valence electrons. The first-order valence-electron chi connectivity index (χ1n) is 7.14. The van der Waals surface area contributed by atoms with Crippen molar-refractivity contribution in [3.05, 3.63) is 24.3 Å². The summed E-state index contributed by atoms with van der Waals surface area (Å²) < 4.78 is 11.3. The number of hydrogen-bond donors (Lipinski definition) is 0. The molecule has 0 spiro atoms. The summed E-state index contributed by atoms with van der Waals surface area (Å²) in [5, 5.41) is 0.369. The second-order valence-corrected chi connectivity index (χ2v) is 6.24. The number of amides is 2. The smallest absolute Gasteiger partial charge is 0.332 e. The maximum absolute atomic E-state index is 12.6. The van der Waals surface area contributed by atoms with Crippen LogP contribution >= 0.6 is 11.3 Å². The van der Waals surface area contributed by atoms with Gasteiger partial charge < -0.3 is 9.47 Å². The van der Waals surface area contributed by atoms with Crippen molar-refractivity contribution in [3.63, 3.8) is 0 Å². The van der Waals surface area contributed by atoms with Crippen molar-refractivity contribution in [3.8, 4) is 0 Å². The molecule has 0 bridgehead atoms. The molecule has 2 unspecified atom stereocenters. The largest absolute Gasteiger partial charge is 0.435 e. The van der Waals surface area contributed by atoms with Crippen LogP contribution in [0.4, 0.5) is 9.93 Å². The van der Waals surface area contributed by atoms with Crippen molar-refractivity contribution in [2.45, 2.75) is 26.3 Å². The summed E-state index contributed by atoms with van der Waals surface area (Å²) in [5.41, 5.74) is 0.727. The molecule has 0 aliphatic carbocycles. The van der Waals surface area contributed by atoms with E-state index in [4.69, 9.17) is 9.47 Å². The molecular formula is C15H15N3O5S. The van der Waals surface area contributed by atoms with E-state index in [1.165, 1.54) is 42.0 Å². The molecule has 9 heteroatoms. The van der Waals surface area contributed by atoms with Crippen LogP contribution in [0.5, 0.6) is 0 Å². The quantitative estimate of drug-likeness (QED) is 0.787. The molecule has 1 fully saturated rings. The first-order chi connectivity index (χ1) is 11.4. The standard InChI is InChI=1S/C15H15N3O5S/c1-8(19)22-12-13(23-9(2)20)18(15(21)17(12)3)14-16-10-6-4-5-7-11(10)24-14/h4-7,12-13H,1-3H3. The third-order valence-electron chi connectivity index (χ3n) is 3.45. The Balaban J connectivity index is 2.03. The van der Waals surface area contributed by atoms with Gasteiger partial charge in [-0.1, -0.05) is 23.5 Å². The Kier molecular flexibility index (Phi) is 4.10. The minimum absolute atomic E-state index is 0.369. The number of thiazole rings is 1. The fourth-order valence-corrected chi connectivity index (χ4v) is 3.43. The van der Waals surface area contributed by atoms with Gasteiger partial charge in [0, 0.05) is 20.9 Å². The van der Waals surface area contributed by atoms with Crippen LogP contribution in [0, 0.1) is 0 Å². The van der Waals surface area contributed by atoms with Crippen LogP contribution in [-0.2, 0) is 19.1 Å². The first kappa shape index (κ1) is 16.2. The van der Waals surface area contributed by atoms with E-state index >= 15 is 0 Å². The number of likely N-dealkylation sites (N-methyl/N-ethyl adjacent to an activating group) is 1. The highest BCUT2D eigenvalue weighted by Crippen LogP contribution is 2.35. The van der Waals surface area contributed by atoms with Gasteiger partial charge in [0.15, 0.2) is 5.13 Å². The van der Waals surface area contributed by atoms with Gasteiger partial charge >= 0.3 is 18.0 Å². The highest BCUT2D eigenvalue weighted by molar-refractivity contribution is 7.22. The molecule has 1 aliphatic rings. The predicted molar refractivity (Wildman–Crippen MR) is 86.4 cm³/mol. The van der Waals surface area contributed by atoms with E-state index in [1.807, 2.05) is 24.3 Å². The average molecular weight is 349 g/mol. The number of hydrogen-bond acceptors (Lipinski definition) is 7. The summed E-state index contributed by atoms with van der Waals surface area (Å²) in [6.45, 7) is 2.45. The minimum Gasteiger partial charge on any atom is -0.435 e. The fraction of sp³-hybridized carbons (Fsp3) is 0.333. The van der Waals surface area contributed by atoms with E-state index < -0.39 is 30.4 Å². The Bertz CT molecular complexity index is 787. The van der Waals surface area contributed by atoms with Gasteiger partial charge in [-0.3, -0.25) is 14.5 Å².